The van der Waals surface area contributed by atoms with E-state index in [0.717, 1.165) is 29.9 Å². The number of hydrogen-bond donors (Lipinski definition) is 2. The van der Waals surface area contributed by atoms with Crippen LogP contribution in [0.4, 0.5) is 11.4 Å². The van der Waals surface area contributed by atoms with E-state index in [4.69, 9.17) is 21.1 Å². The van der Waals surface area contributed by atoms with Gasteiger partial charge in [0.15, 0.2) is 0 Å². The Morgan fingerprint density at radius 1 is 1.06 bits per heavy atom. The molecule has 160 valence electrons. The predicted octanol–water partition coefficient (Wildman–Crippen LogP) is 4.81. The number of carbonyl (C=O) groups is 1. The van der Waals surface area contributed by atoms with Crippen LogP contribution in [0.15, 0.2) is 60.7 Å². The van der Waals surface area contributed by atoms with Crippen molar-refractivity contribution in [3.63, 3.8) is 0 Å². The van der Waals surface area contributed by atoms with E-state index in [2.05, 4.69) is 22.3 Å². The van der Waals surface area contributed by atoms with E-state index < -0.39 is 5.91 Å². The van der Waals surface area contributed by atoms with Crippen molar-refractivity contribution >= 4 is 28.9 Å². The fourth-order valence-corrected chi connectivity index (χ4v) is 3.81. The number of amides is 1. The molecule has 3 aromatic carbocycles. The molecule has 0 spiro atoms. The number of nitrogens with one attached hydrogen (secondary N) is 1. The third-order valence-electron chi connectivity index (χ3n) is 5.21. The Hall–Kier alpha value is -3.22. The number of phenols is 1. The first-order valence-corrected chi connectivity index (χ1v) is 10.3. The lowest BCUT2D eigenvalue weighted by atomic mass is 10.0. The van der Waals surface area contributed by atoms with Crippen molar-refractivity contribution in [3.8, 4) is 22.6 Å². The second kappa shape index (κ2) is 9.29. The molecule has 0 radical (unpaired) electrons. The number of ether oxygens (including phenoxy) is 2. The lowest BCUT2D eigenvalue weighted by Gasteiger charge is -2.29. The van der Waals surface area contributed by atoms with E-state index in [1.165, 1.54) is 7.11 Å². The Morgan fingerprint density at radius 2 is 1.84 bits per heavy atom. The molecular weight excluding hydrogens is 416 g/mol. The van der Waals surface area contributed by atoms with E-state index in [1.807, 2.05) is 18.2 Å². The topological polar surface area (TPSA) is 71.0 Å². The van der Waals surface area contributed by atoms with Gasteiger partial charge in [0.05, 0.1) is 30.9 Å². The maximum atomic E-state index is 12.6. The lowest BCUT2D eigenvalue weighted by Crippen LogP contribution is -2.36. The normalized spacial score (nSPS) is 13.7. The summed E-state index contributed by atoms with van der Waals surface area (Å²) in [7, 11) is 1.52. The highest BCUT2D eigenvalue weighted by atomic mass is 35.5. The average molecular weight is 439 g/mol. The first-order chi connectivity index (χ1) is 15.0. The maximum absolute atomic E-state index is 12.6. The molecule has 0 unspecified atom stereocenters. The molecule has 0 bridgehead atoms. The monoisotopic (exact) mass is 438 g/mol. The molecule has 1 amide bonds. The van der Waals surface area contributed by atoms with Crippen LogP contribution in [0, 0.1) is 0 Å². The number of phenolic OH excluding ortho intramolecular Hbond substituents is 1. The van der Waals surface area contributed by atoms with Crippen LogP contribution in [-0.4, -0.2) is 44.4 Å². The van der Waals surface area contributed by atoms with Gasteiger partial charge in [0.2, 0.25) is 0 Å². The van der Waals surface area contributed by atoms with Crippen LogP contribution in [0.2, 0.25) is 5.02 Å². The molecule has 1 heterocycles. The molecule has 4 rings (SSSR count). The van der Waals surface area contributed by atoms with Gasteiger partial charge in [0.25, 0.3) is 5.91 Å². The van der Waals surface area contributed by atoms with Crippen molar-refractivity contribution in [3.05, 3.63) is 71.2 Å². The van der Waals surface area contributed by atoms with Gasteiger partial charge in [-0.15, -0.1) is 0 Å². The standard InChI is InChI=1S/C24H23ClN2O4/c1-30-23-8-6-18(15-21(23)25)26-24(29)20-7-5-17(14-22(20)28)16-3-2-4-19(13-16)27-9-11-31-12-10-27/h2-8,13-15,28H,9-12H2,1H3,(H,26,29). The Kier molecular flexibility index (Phi) is 6.30. The van der Waals surface area contributed by atoms with Gasteiger partial charge in [0.1, 0.15) is 11.5 Å². The fraction of sp³-hybridized carbons (Fsp3) is 0.208. The zero-order valence-electron chi connectivity index (χ0n) is 17.1. The number of rotatable bonds is 5. The van der Waals surface area contributed by atoms with Gasteiger partial charge in [-0.05, 0) is 53.6 Å². The minimum absolute atomic E-state index is 0.0913. The van der Waals surface area contributed by atoms with Gasteiger partial charge in [0, 0.05) is 24.5 Å². The van der Waals surface area contributed by atoms with Gasteiger partial charge in [-0.1, -0.05) is 29.8 Å². The highest BCUT2D eigenvalue weighted by Crippen LogP contribution is 2.31. The fourth-order valence-electron chi connectivity index (χ4n) is 3.55. The van der Waals surface area contributed by atoms with Crippen LogP contribution < -0.4 is 15.0 Å². The first kappa shape index (κ1) is 21.0. The second-order valence-electron chi connectivity index (χ2n) is 7.19. The van der Waals surface area contributed by atoms with Crippen molar-refractivity contribution in [1.29, 1.82) is 0 Å². The molecule has 7 heteroatoms. The minimum Gasteiger partial charge on any atom is -0.507 e. The summed E-state index contributed by atoms with van der Waals surface area (Å²) in [6, 6.07) is 18.1. The van der Waals surface area contributed by atoms with Crippen LogP contribution in [0.25, 0.3) is 11.1 Å². The van der Waals surface area contributed by atoms with Crippen LogP contribution in [0.1, 0.15) is 10.4 Å². The van der Waals surface area contributed by atoms with E-state index in [0.29, 0.717) is 29.7 Å². The lowest BCUT2D eigenvalue weighted by molar-refractivity contribution is 0.102. The maximum Gasteiger partial charge on any atom is 0.259 e. The number of anilines is 2. The Balaban J connectivity index is 1.53. The van der Waals surface area contributed by atoms with Crippen molar-refractivity contribution in [1.82, 2.24) is 0 Å². The smallest absolute Gasteiger partial charge is 0.259 e. The van der Waals surface area contributed by atoms with E-state index in [9.17, 15) is 9.90 Å². The number of carbonyl (C=O) groups excluding carboxylic acids is 1. The summed E-state index contributed by atoms with van der Waals surface area (Å²) in [4.78, 5) is 14.9. The third kappa shape index (κ3) is 4.76. The first-order valence-electron chi connectivity index (χ1n) is 9.96. The molecule has 0 aromatic heterocycles. The molecular formula is C24H23ClN2O4. The summed E-state index contributed by atoms with van der Waals surface area (Å²) >= 11 is 6.11. The summed E-state index contributed by atoms with van der Waals surface area (Å²) in [6.07, 6.45) is 0. The average Bonchev–Trinajstić information content (AvgIpc) is 2.80. The summed E-state index contributed by atoms with van der Waals surface area (Å²) in [5.74, 6) is 0.00455. The molecule has 2 N–H and O–H groups in total. The molecule has 0 aliphatic carbocycles. The molecule has 0 saturated carbocycles. The molecule has 31 heavy (non-hydrogen) atoms. The Bertz CT molecular complexity index is 1100. The number of hydrogen-bond acceptors (Lipinski definition) is 5. The van der Waals surface area contributed by atoms with Crippen LogP contribution in [0.3, 0.4) is 0 Å². The van der Waals surface area contributed by atoms with Crippen molar-refractivity contribution in [2.75, 3.05) is 43.6 Å². The molecule has 1 aliphatic rings. The highest BCUT2D eigenvalue weighted by molar-refractivity contribution is 6.32. The van der Waals surface area contributed by atoms with Crippen LogP contribution >= 0.6 is 11.6 Å². The number of nitrogens with zero attached hydrogens (tertiary/aromatic N) is 1. The molecule has 1 fully saturated rings. The summed E-state index contributed by atoms with van der Waals surface area (Å²) in [6.45, 7) is 3.13. The third-order valence-corrected chi connectivity index (χ3v) is 5.50. The number of halogens is 1. The van der Waals surface area contributed by atoms with Crippen molar-refractivity contribution < 1.29 is 19.4 Å². The van der Waals surface area contributed by atoms with E-state index in [1.54, 1.807) is 30.3 Å². The van der Waals surface area contributed by atoms with E-state index in [-0.39, 0.29) is 11.3 Å². The molecule has 1 saturated heterocycles. The van der Waals surface area contributed by atoms with Crippen molar-refractivity contribution in [2.24, 2.45) is 0 Å². The van der Waals surface area contributed by atoms with Crippen LogP contribution in [-0.2, 0) is 4.74 Å². The number of morpholine rings is 1. The minimum atomic E-state index is -0.424. The second-order valence-corrected chi connectivity index (χ2v) is 7.59. The van der Waals surface area contributed by atoms with Gasteiger partial charge in [-0.2, -0.15) is 0 Å². The number of aromatic hydroxyl groups is 1. The molecule has 1 aliphatic heterocycles. The van der Waals surface area contributed by atoms with Gasteiger partial charge in [-0.25, -0.2) is 0 Å². The summed E-state index contributed by atoms with van der Waals surface area (Å²) in [5.41, 5.74) is 3.60. The zero-order chi connectivity index (χ0) is 21.8. The van der Waals surface area contributed by atoms with Gasteiger partial charge >= 0.3 is 0 Å². The quantitative estimate of drug-likeness (QED) is 0.598. The summed E-state index contributed by atoms with van der Waals surface area (Å²) in [5, 5.41) is 13.7. The predicted molar refractivity (Wildman–Crippen MR) is 123 cm³/mol. The Labute approximate surface area is 186 Å². The molecule has 3 aromatic rings. The largest absolute Gasteiger partial charge is 0.507 e. The van der Waals surface area contributed by atoms with E-state index >= 15 is 0 Å². The highest BCUT2D eigenvalue weighted by Gasteiger charge is 2.15. The van der Waals surface area contributed by atoms with Gasteiger partial charge < -0.3 is 24.8 Å². The number of methoxy groups -OCH3 is 1. The Morgan fingerprint density at radius 3 is 2.55 bits per heavy atom. The summed E-state index contributed by atoms with van der Waals surface area (Å²) < 4.78 is 10.5. The number of benzene rings is 3. The van der Waals surface area contributed by atoms with Gasteiger partial charge in [-0.3, -0.25) is 4.79 Å². The van der Waals surface area contributed by atoms with Crippen molar-refractivity contribution in [2.45, 2.75) is 0 Å². The molecule has 0 atom stereocenters. The SMILES string of the molecule is COc1ccc(NC(=O)c2ccc(-c3cccc(N4CCOCC4)c3)cc2O)cc1Cl. The molecule has 6 nitrogen and oxygen atoms in total. The van der Waals surface area contributed by atoms with Crippen LogP contribution in [0.5, 0.6) is 11.5 Å². The zero-order valence-corrected chi connectivity index (χ0v) is 17.9.